The van der Waals surface area contributed by atoms with Crippen LogP contribution in [0.1, 0.15) is 23.5 Å². The zero-order valence-electron chi connectivity index (χ0n) is 10.1. The quantitative estimate of drug-likeness (QED) is 0.686. The standard InChI is InChI=1S/C12H19NO2S/c1-4-13(10(2)9-15-3)8-11(14)12-6-5-7-16-12/h5-7,10H,4,8-9H2,1-3H3. The van der Waals surface area contributed by atoms with Gasteiger partial charge in [0.25, 0.3) is 0 Å². The smallest absolute Gasteiger partial charge is 0.186 e. The first-order valence-electron chi connectivity index (χ1n) is 5.48. The van der Waals surface area contributed by atoms with Crippen molar-refractivity contribution >= 4 is 17.1 Å². The summed E-state index contributed by atoms with van der Waals surface area (Å²) in [5, 5.41) is 1.93. The Bertz CT molecular complexity index is 311. The molecule has 1 unspecified atom stereocenters. The highest BCUT2D eigenvalue weighted by Crippen LogP contribution is 2.11. The van der Waals surface area contributed by atoms with Gasteiger partial charge in [-0.3, -0.25) is 9.69 Å². The van der Waals surface area contributed by atoms with Crippen molar-refractivity contribution in [2.75, 3.05) is 26.8 Å². The van der Waals surface area contributed by atoms with Gasteiger partial charge in [-0.05, 0) is 24.9 Å². The molecular formula is C12H19NO2S. The molecule has 0 aromatic carbocycles. The van der Waals surface area contributed by atoms with Crippen LogP contribution in [0.2, 0.25) is 0 Å². The number of carbonyl (C=O) groups is 1. The maximum Gasteiger partial charge on any atom is 0.186 e. The lowest BCUT2D eigenvalue weighted by atomic mass is 10.2. The average molecular weight is 241 g/mol. The van der Waals surface area contributed by atoms with Crippen molar-refractivity contribution in [1.82, 2.24) is 4.90 Å². The highest BCUT2D eigenvalue weighted by Gasteiger charge is 2.16. The van der Waals surface area contributed by atoms with Gasteiger partial charge in [0.05, 0.1) is 18.0 Å². The molecule has 16 heavy (non-hydrogen) atoms. The number of carbonyl (C=O) groups excluding carboxylic acids is 1. The number of ether oxygens (including phenoxy) is 1. The number of nitrogens with zero attached hydrogens (tertiary/aromatic N) is 1. The molecule has 1 rings (SSSR count). The molecule has 0 saturated carbocycles. The van der Waals surface area contributed by atoms with E-state index in [4.69, 9.17) is 4.74 Å². The van der Waals surface area contributed by atoms with E-state index >= 15 is 0 Å². The molecule has 90 valence electrons. The van der Waals surface area contributed by atoms with E-state index < -0.39 is 0 Å². The second kappa shape index (κ2) is 6.78. The third-order valence-corrected chi connectivity index (χ3v) is 3.49. The van der Waals surface area contributed by atoms with Gasteiger partial charge < -0.3 is 4.74 Å². The van der Waals surface area contributed by atoms with Gasteiger partial charge in [0.15, 0.2) is 5.78 Å². The van der Waals surface area contributed by atoms with Gasteiger partial charge in [0, 0.05) is 13.2 Å². The van der Waals surface area contributed by atoms with Crippen LogP contribution in [0.25, 0.3) is 0 Å². The van der Waals surface area contributed by atoms with E-state index in [1.54, 1.807) is 7.11 Å². The summed E-state index contributed by atoms with van der Waals surface area (Å²) in [6.45, 7) is 6.14. The number of ketones is 1. The average Bonchev–Trinajstić information content (AvgIpc) is 2.79. The SMILES string of the molecule is CCN(CC(=O)c1cccs1)C(C)COC. The minimum absolute atomic E-state index is 0.194. The summed E-state index contributed by atoms with van der Waals surface area (Å²) < 4.78 is 5.11. The molecule has 4 heteroatoms. The molecule has 1 atom stereocenters. The van der Waals surface area contributed by atoms with Crippen LogP contribution in [0, 0.1) is 0 Å². The number of methoxy groups -OCH3 is 1. The first kappa shape index (κ1) is 13.4. The Labute approximate surface area is 101 Å². The summed E-state index contributed by atoms with van der Waals surface area (Å²) in [5.74, 6) is 0.194. The normalized spacial score (nSPS) is 13.0. The summed E-state index contributed by atoms with van der Waals surface area (Å²) in [7, 11) is 1.69. The Morgan fingerprint density at radius 2 is 2.38 bits per heavy atom. The number of Topliss-reactive ketones (excluding diaryl/α,β-unsaturated/α-hetero) is 1. The molecule has 0 N–H and O–H groups in total. The van der Waals surface area contributed by atoms with E-state index in [1.807, 2.05) is 17.5 Å². The molecule has 0 radical (unpaired) electrons. The number of rotatable bonds is 7. The molecule has 0 amide bonds. The minimum Gasteiger partial charge on any atom is -0.383 e. The Morgan fingerprint density at radius 3 is 2.88 bits per heavy atom. The largest absolute Gasteiger partial charge is 0.383 e. The van der Waals surface area contributed by atoms with Crippen molar-refractivity contribution < 1.29 is 9.53 Å². The van der Waals surface area contributed by atoms with Gasteiger partial charge in [0.2, 0.25) is 0 Å². The van der Waals surface area contributed by atoms with Crippen molar-refractivity contribution in [2.45, 2.75) is 19.9 Å². The van der Waals surface area contributed by atoms with Crippen LogP contribution in [0.15, 0.2) is 17.5 Å². The van der Waals surface area contributed by atoms with E-state index in [9.17, 15) is 4.79 Å². The minimum atomic E-state index is 0.194. The van der Waals surface area contributed by atoms with Gasteiger partial charge in [-0.1, -0.05) is 13.0 Å². The van der Waals surface area contributed by atoms with E-state index in [2.05, 4.69) is 18.7 Å². The Kier molecular flexibility index (Phi) is 5.66. The maximum absolute atomic E-state index is 11.9. The van der Waals surface area contributed by atoms with Crippen molar-refractivity contribution in [1.29, 1.82) is 0 Å². The van der Waals surface area contributed by atoms with Crippen molar-refractivity contribution in [3.05, 3.63) is 22.4 Å². The number of likely N-dealkylation sites (N-methyl/N-ethyl adjacent to an activating group) is 1. The van der Waals surface area contributed by atoms with Crippen molar-refractivity contribution in [2.24, 2.45) is 0 Å². The number of hydrogen-bond donors (Lipinski definition) is 0. The molecular weight excluding hydrogens is 222 g/mol. The van der Waals surface area contributed by atoms with Crippen LogP contribution >= 0.6 is 11.3 Å². The summed E-state index contributed by atoms with van der Waals surface area (Å²) in [6, 6.07) is 4.06. The van der Waals surface area contributed by atoms with E-state index in [0.29, 0.717) is 13.2 Å². The number of thiophene rings is 1. The zero-order chi connectivity index (χ0) is 12.0. The van der Waals surface area contributed by atoms with Gasteiger partial charge in [-0.25, -0.2) is 0 Å². The summed E-state index contributed by atoms with van der Waals surface area (Å²) in [5.41, 5.74) is 0. The predicted octanol–water partition coefficient (Wildman–Crippen LogP) is 2.29. The molecule has 3 nitrogen and oxygen atoms in total. The monoisotopic (exact) mass is 241 g/mol. The number of hydrogen-bond acceptors (Lipinski definition) is 4. The fraction of sp³-hybridized carbons (Fsp3) is 0.583. The van der Waals surface area contributed by atoms with Crippen molar-refractivity contribution in [3.63, 3.8) is 0 Å². The van der Waals surface area contributed by atoms with Gasteiger partial charge in [0.1, 0.15) is 0 Å². The Morgan fingerprint density at radius 1 is 1.62 bits per heavy atom. The highest BCUT2D eigenvalue weighted by atomic mass is 32.1. The molecule has 0 bridgehead atoms. The molecule has 0 fully saturated rings. The second-order valence-corrected chi connectivity index (χ2v) is 4.72. The molecule has 0 aliphatic heterocycles. The highest BCUT2D eigenvalue weighted by molar-refractivity contribution is 7.12. The van der Waals surface area contributed by atoms with E-state index in [1.165, 1.54) is 11.3 Å². The molecule has 1 aromatic rings. The summed E-state index contributed by atoms with van der Waals surface area (Å²) >= 11 is 1.50. The van der Waals surface area contributed by atoms with Crippen LogP contribution in [-0.2, 0) is 4.74 Å². The summed E-state index contributed by atoms with van der Waals surface area (Å²) in [6.07, 6.45) is 0. The van der Waals surface area contributed by atoms with Gasteiger partial charge in [-0.15, -0.1) is 11.3 Å². The topological polar surface area (TPSA) is 29.5 Å². The van der Waals surface area contributed by atoms with E-state index in [-0.39, 0.29) is 11.8 Å². The Balaban J connectivity index is 2.53. The first-order valence-corrected chi connectivity index (χ1v) is 6.36. The molecule has 1 aromatic heterocycles. The lowest BCUT2D eigenvalue weighted by Gasteiger charge is -2.26. The van der Waals surface area contributed by atoms with Crippen LogP contribution in [0.5, 0.6) is 0 Å². The molecule has 0 spiro atoms. The lowest BCUT2D eigenvalue weighted by Crippen LogP contribution is -2.39. The van der Waals surface area contributed by atoms with Crippen LogP contribution in [0.3, 0.4) is 0 Å². The lowest BCUT2D eigenvalue weighted by molar-refractivity contribution is 0.0791. The summed E-state index contributed by atoms with van der Waals surface area (Å²) in [4.78, 5) is 14.9. The molecule has 1 heterocycles. The van der Waals surface area contributed by atoms with Crippen LogP contribution in [0.4, 0.5) is 0 Å². The fourth-order valence-electron chi connectivity index (χ4n) is 1.63. The van der Waals surface area contributed by atoms with Crippen LogP contribution in [-0.4, -0.2) is 43.5 Å². The van der Waals surface area contributed by atoms with Gasteiger partial charge >= 0.3 is 0 Å². The third kappa shape index (κ3) is 3.70. The fourth-order valence-corrected chi connectivity index (χ4v) is 2.28. The predicted molar refractivity (Wildman–Crippen MR) is 67.2 cm³/mol. The van der Waals surface area contributed by atoms with E-state index in [0.717, 1.165) is 11.4 Å². The van der Waals surface area contributed by atoms with Crippen LogP contribution < -0.4 is 0 Å². The zero-order valence-corrected chi connectivity index (χ0v) is 10.9. The van der Waals surface area contributed by atoms with Gasteiger partial charge in [-0.2, -0.15) is 0 Å². The molecule has 0 aliphatic rings. The Hall–Kier alpha value is -0.710. The third-order valence-electron chi connectivity index (χ3n) is 2.58. The van der Waals surface area contributed by atoms with Crippen molar-refractivity contribution in [3.8, 4) is 0 Å². The second-order valence-electron chi connectivity index (χ2n) is 3.77. The molecule has 0 aliphatic carbocycles. The maximum atomic E-state index is 11.9. The molecule has 0 saturated heterocycles. The first-order chi connectivity index (χ1) is 7.69.